The monoisotopic (exact) mass is 419 g/mol. The van der Waals surface area contributed by atoms with Crippen LogP contribution in [0.25, 0.3) is 0 Å². The minimum absolute atomic E-state index is 0.0329. The molecule has 3 aromatic rings. The molecule has 0 aliphatic rings. The molecule has 0 bridgehead atoms. The second-order valence-electron chi connectivity index (χ2n) is 5.50. The molecule has 2 N–H and O–H groups in total. The number of nitrogens with zero attached hydrogens (tertiary/aromatic N) is 1. The van der Waals surface area contributed by atoms with Gasteiger partial charge in [0.15, 0.2) is 5.76 Å². The van der Waals surface area contributed by atoms with Crippen LogP contribution >= 0.6 is 23.2 Å². The fraction of sp³-hybridized carbons (Fsp3) is 0. The molecule has 3 rings (SSSR count). The summed E-state index contributed by atoms with van der Waals surface area (Å²) in [4.78, 5) is 34.9. The van der Waals surface area contributed by atoms with Crippen LogP contribution in [0, 0.1) is 10.1 Å². The van der Waals surface area contributed by atoms with Gasteiger partial charge in [-0.15, -0.1) is 0 Å². The summed E-state index contributed by atoms with van der Waals surface area (Å²) >= 11 is 12.0. The van der Waals surface area contributed by atoms with Crippen LogP contribution in [0.3, 0.4) is 0 Å². The number of nitro groups is 1. The lowest BCUT2D eigenvalue weighted by molar-refractivity contribution is -0.384. The predicted molar refractivity (Wildman–Crippen MR) is 104 cm³/mol. The molecule has 0 aliphatic heterocycles. The van der Waals surface area contributed by atoms with Gasteiger partial charge in [-0.05, 0) is 36.4 Å². The first-order valence-electron chi connectivity index (χ1n) is 7.75. The van der Waals surface area contributed by atoms with Crippen LogP contribution in [-0.2, 0) is 0 Å². The number of hydrogen-bond acceptors (Lipinski definition) is 5. The fourth-order valence-electron chi connectivity index (χ4n) is 2.31. The van der Waals surface area contributed by atoms with E-state index in [0.29, 0.717) is 5.02 Å². The molecule has 0 saturated heterocycles. The summed E-state index contributed by atoms with van der Waals surface area (Å²) in [6.45, 7) is 0. The molecular formula is C18H11Cl2N3O5. The van der Waals surface area contributed by atoms with Crippen molar-refractivity contribution in [3.05, 3.63) is 86.3 Å². The quantitative estimate of drug-likeness (QED) is 0.445. The van der Waals surface area contributed by atoms with E-state index in [4.69, 9.17) is 27.6 Å². The molecule has 0 saturated carbocycles. The van der Waals surface area contributed by atoms with E-state index in [0.717, 1.165) is 6.07 Å². The first-order valence-corrected chi connectivity index (χ1v) is 8.50. The molecule has 0 spiro atoms. The van der Waals surface area contributed by atoms with Crippen molar-refractivity contribution in [2.75, 3.05) is 10.6 Å². The molecule has 142 valence electrons. The Labute approximate surface area is 168 Å². The van der Waals surface area contributed by atoms with Crippen LogP contribution in [0.2, 0.25) is 10.0 Å². The maximum atomic E-state index is 12.5. The van der Waals surface area contributed by atoms with Crippen LogP contribution in [0.1, 0.15) is 20.9 Å². The third kappa shape index (κ3) is 4.30. The minimum Gasteiger partial charge on any atom is -0.459 e. The van der Waals surface area contributed by atoms with Crippen molar-refractivity contribution in [2.24, 2.45) is 0 Å². The molecule has 0 atom stereocenters. The highest BCUT2D eigenvalue weighted by atomic mass is 35.5. The standard InChI is InChI=1S/C18H11Cl2N3O5/c19-10-3-6-14(15(8-10)22-18(25)16-2-1-7-28-16)21-17(24)12-5-4-11(23(26)27)9-13(12)20/h1-9H,(H,21,24)(H,22,25). The van der Waals surface area contributed by atoms with Gasteiger partial charge in [-0.25, -0.2) is 0 Å². The number of nitrogens with one attached hydrogen (secondary N) is 2. The second-order valence-corrected chi connectivity index (χ2v) is 6.34. The molecule has 1 heterocycles. The van der Waals surface area contributed by atoms with Crippen LogP contribution in [0.4, 0.5) is 17.1 Å². The Bertz CT molecular complexity index is 1070. The van der Waals surface area contributed by atoms with Gasteiger partial charge in [-0.3, -0.25) is 19.7 Å². The summed E-state index contributed by atoms with van der Waals surface area (Å²) in [6, 6.07) is 11.0. The number of rotatable bonds is 5. The molecule has 1 aromatic heterocycles. The van der Waals surface area contributed by atoms with E-state index in [1.54, 1.807) is 6.07 Å². The Morgan fingerprint density at radius 3 is 2.36 bits per heavy atom. The first kappa shape index (κ1) is 19.4. The van der Waals surface area contributed by atoms with E-state index in [1.807, 2.05) is 0 Å². The molecule has 10 heteroatoms. The summed E-state index contributed by atoms with van der Waals surface area (Å²) in [6.07, 6.45) is 1.35. The smallest absolute Gasteiger partial charge is 0.291 e. The lowest BCUT2D eigenvalue weighted by atomic mass is 10.1. The summed E-state index contributed by atoms with van der Waals surface area (Å²) in [7, 11) is 0. The van der Waals surface area contributed by atoms with Crippen LogP contribution in [0.5, 0.6) is 0 Å². The number of benzene rings is 2. The Kier molecular flexibility index (Phi) is 5.62. The summed E-state index contributed by atoms with van der Waals surface area (Å²) < 4.78 is 5.03. The number of anilines is 2. The highest BCUT2D eigenvalue weighted by Crippen LogP contribution is 2.28. The molecule has 28 heavy (non-hydrogen) atoms. The Morgan fingerprint density at radius 2 is 1.71 bits per heavy atom. The molecule has 0 unspecified atom stereocenters. The summed E-state index contributed by atoms with van der Waals surface area (Å²) in [5.74, 6) is -1.07. The number of halogens is 2. The van der Waals surface area contributed by atoms with Gasteiger partial charge in [-0.1, -0.05) is 23.2 Å². The lowest BCUT2D eigenvalue weighted by Crippen LogP contribution is -2.17. The molecule has 2 aromatic carbocycles. The molecule has 0 fully saturated rings. The van der Waals surface area contributed by atoms with Crippen molar-refractivity contribution >= 4 is 52.1 Å². The maximum absolute atomic E-state index is 12.5. The van der Waals surface area contributed by atoms with Gasteiger partial charge in [0, 0.05) is 17.2 Å². The number of hydrogen-bond donors (Lipinski definition) is 2. The van der Waals surface area contributed by atoms with Crippen LogP contribution in [-0.4, -0.2) is 16.7 Å². The van der Waals surface area contributed by atoms with Crippen molar-refractivity contribution in [1.29, 1.82) is 0 Å². The van der Waals surface area contributed by atoms with Crippen LogP contribution in [0.15, 0.2) is 59.2 Å². The van der Waals surface area contributed by atoms with Gasteiger partial charge in [0.1, 0.15) is 0 Å². The molecular weight excluding hydrogens is 409 g/mol. The van der Waals surface area contributed by atoms with Gasteiger partial charge in [0.2, 0.25) is 0 Å². The van der Waals surface area contributed by atoms with Crippen molar-refractivity contribution in [3.63, 3.8) is 0 Å². The lowest BCUT2D eigenvalue weighted by Gasteiger charge is -2.13. The number of amides is 2. The number of non-ortho nitro benzene ring substituents is 1. The molecule has 2 amide bonds. The van der Waals surface area contributed by atoms with E-state index in [2.05, 4.69) is 10.6 Å². The van der Waals surface area contributed by atoms with Gasteiger partial charge >= 0.3 is 0 Å². The van der Waals surface area contributed by atoms with E-state index in [-0.39, 0.29) is 33.4 Å². The van der Waals surface area contributed by atoms with Crippen molar-refractivity contribution in [1.82, 2.24) is 0 Å². The fourth-order valence-corrected chi connectivity index (χ4v) is 2.74. The average Bonchev–Trinajstić information content (AvgIpc) is 3.18. The van der Waals surface area contributed by atoms with E-state index in [1.165, 1.54) is 42.7 Å². The van der Waals surface area contributed by atoms with Crippen LogP contribution < -0.4 is 10.6 Å². The normalized spacial score (nSPS) is 10.4. The van der Waals surface area contributed by atoms with E-state index in [9.17, 15) is 19.7 Å². The van der Waals surface area contributed by atoms with Gasteiger partial charge < -0.3 is 15.1 Å². The zero-order valence-electron chi connectivity index (χ0n) is 13.9. The SMILES string of the molecule is O=C(Nc1cc(Cl)ccc1NC(=O)c1ccc([N+](=O)[O-])cc1Cl)c1ccco1. The zero-order valence-corrected chi connectivity index (χ0v) is 15.5. The minimum atomic E-state index is -0.616. The van der Waals surface area contributed by atoms with Gasteiger partial charge in [-0.2, -0.15) is 0 Å². The largest absolute Gasteiger partial charge is 0.459 e. The summed E-state index contributed by atoms with van der Waals surface area (Å²) in [5.41, 5.74) is 0.286. The van der Waals surface area contributed by atoms with Crippen molar-refractivity contribution in [3.8, 4) is 0 Å². The first-order chi connectivity index (χ1) is 13.3. The maximum Gasteiger partial charge on any atom is 0.291 e. The third-order valence-electron chi connectivity index (χ3n) is 3.63. The second kappa shape index (κ2) is 8.12. The zero-order chi connectivity index (χ0) is 20.3. The number of nitro benzene ring substituents is 1. The highest BCUT2D eigenvalue weighted by molar-refractivity contribution is 6.35. The van der Waals surface area contributed by atoms with Crippen molar-refractivity contribution in [2.45, 2.75) is 0 Å². The number of carbonyl (C=O) groups excluding carboxylic acids is 2. The Morgan fingerprint density at radius 1 is 0.964 bits per heavy atom. The molecule has 8 nitrogen and oxygen atoms in total. The summed E-state index contributed by atoms with van der Waals surface area (Å²) in [5, 5.41) is 16.2. The average molecular weight is 420 g/mol. The van der Waals surface area contributed by atoms with Gasteiger partial charge in [0.05, 0.1) is 33.1 Å². The Balaban J connectivity index is 1.85. The third-order valence-corrected chi connectivity index (χ3v) is 4.18. The van der Waals surface area contributed by atoms with E-state index < -0.39 is 16.7 Å². The van der Waals surface area contributed by atoms with Gasteiger partial charge in [0.25, 0.3) is 17.5 Å². The van der Waals surface area contributed by atoms with Crippen molar-refractivity contribution < 1.29 is 18.9 Å². The molecule has 0 aliphatic carbocycles. The number of carbonyl (C=O) groups is 2. The van der Waals surface area contributed by atoms with E-state index >= 15 is 0 Å². The highest BCUT2D eigenvalue weighted by Gasteiger charge is 2.18. The predicted octanol–water partition coefficient (Wildman–Crippen LogP) is 5.00. The molecule has 0 radical (unpaired) electrons. The Hall–Kier alpha value is -3.36. The number of furan rings is 1. The topological polar surface area (TPSA) is 114 Å².